The molecule has 96 valence electrons. The molecule has 0 aliphatic heterocycles. The van der Waals surface area contributed by atoms with Gasteiger partial charge in [0.2, 0.25) is 0 Å². The molecule has 0 aromatic heterocycles. The van der Waals surface area contributed by atoms with Crippen molar-refractivity contribution in [2.24, 2.45) is 0 Å². The SMILES string of the molecule is FC(F)(F)SCCCCC(Br)c1ccccc1. The van der Waals surface area contributed by atoms with Gasteiger partial charge in [0.05, 0.1) is 0 Å². The highest BCUT2D eigenvalue weighted by Crippen LogP contribution is 2.32. The summed E-state index contributed by atoms with van der Waals surface area (Å²) in [6.07, 6.45) is 2.26. The van der Waals surface area contributed by atoms with E-state index in [1.807, 2.05) is 30.3 Å². The van der Waals surface area contributed by atoms with Gasteiger partial charge in [-0.15, -0.1) is 0 Å². The molecule has 0 saturated carbocycles. The molecule has 17 heavy (non-hydrogen) atoms. The van der Waals surface area contributed by atoms with Crippen molar-refractivity contribution in [2.75, 3.05) is 5.75 Å². The number of alkyl halides is 4. The summed E-state index contributed by atoms with van der Waals surface area (Å²) in [7, 11) is 0. The van der Waals surface area contributed by atoms with Gasteiger partial charge in [-0.1, -0.05) is 64.4 Å². The van der Waals surface area contributed by atoms with Crippen molar-refractivity contribution in [1.82, 2.24) is 0 Å². The maximum atomic E-state index is 11.9. The highest BCUT2D eigenvalue weighted by atomic mass is 79.9. The van der Waals surface area contributed by atoms with Crippen LogP contribution in [0.3, 0.4) is 0 Å². The fourth-order valence-corrected chi connectivity index (χ4v) is 2.65. The van der Waals surface area contributed by atoms with Crippen LogP contribution in [0.15, 0.2) is 30.3 Å². The summed E-state index contributed by atoms with van der Waals surface area (Å²) in [5.74, 6) is 0.151. The van der Waals surface area contributed by atoms with E-state index in [1.165, 1.54) is 5.56 Å². The van der Waals surface area contributed by atoms with Crippen LogP contribution in [0.2, 0.25) is 0 Å². The van der Waals surface area contributed by atoms with Crippen LogP contribution in [-0.2, 0) is 0 Å². The van der Waals surface area contributed by atoms with Gasteiger partial charge in [-0.3, -0.25) is 0 Å². The van der Waals surface area contributed by atoms with E-state index in [0.29, 0.717) is 6.42 Å². The highest BCUT2D eigenvalue weighted by molar-refractivity contribution is 9.09. The summed E-state index contributed by atoms with van der Waals surface area (Å²) < 4.78 is 35.6. The predicted octanol–water partition coefficient (Wildman–Crippen LogP) is 5.55. The van der Waals surface area contributed by atoms with Crippen LogP contribution in [-0.4, -0.2) is 11.3 Å². The number of halogens is 4. The van der Waals surface area contributed by atoms with E-state index in [1.54, 1.807) is 0 Å². The maximum Gasteiger partial charge on any atom is 0.441 e. The van der Waals surface area contributed by atoms with Gasteiger partial charge in [-0.25, -0.2) is 0 Å². The third-order valence-corrected chi connectivity index (χ3v) is 4.09. The van der Waals surface area contributed by atoms with E-state index in [4.69, 9.17) is 0 Å². The molecule has 1 unspecified atom stereocenters. The van der Waals surface area contributed by atoms with Crippen LogP contribution in [0, 0.1) is 0 Å². The van der Waals surface area contributed by atoms with E-state index < -0.39 is 5.51 Å². The smallest absolute Gasteiger partial charge is 0.160 e. The predicted molar refractivity (Wildman–Crippen MR) is 70.5 cm³/mol. The lowest BCUT2D eigenvalue weighted by molar-refractivity contribution is -0.0328. The van der Waals surface area contributed by atoms with Crippen molar-refractivity contribution in [1.29, 1.82) is 0 Å². The van der Waals surface area contributed by atoms with Gasteiger partial charge in [-0.05, 0) is 18.4 Å². The highest BCUT2D eigenvalue weighted by Gasteiger charge is 2.27. The molecule has 0 aliphatic carbocycles. The molecule has 0 N–H and O–H groups in total. The summed E-state index contributed by atoms with van der Waals surface area (Å²) in [5, 5.41) is 0. The Morgan fingerprint density at radius 3 is 2.35 bits per heavy atom. The lowest BCUT2D eigenvalue weighted by Crippen LogP contribution is -2.01. The number of unbranched alkanes of at least 4 members (excludes halogenated alkanes) is 1. The summed E-state index contributed by atoms with van der Waals surface area (Å²) in [5.41, 5.74) is -2.91. The van der Waals surface area contributed by atoms with Gasteiger partial charge in [0, 0.05) is 10.6 Å². The van der Waals surface area contributed by atoms with Gasteiger partial charge in [0.1, 0.15) is 0 Å². The molecule has 0 amide bonds. The summed E-state index contributed by atoms with van der Waals surface area (Å²) in [4.78, 5) is 0.236. The van der Waals surface area contributed by atoms with Gasteiger partial charge in [0.25, 0.3) is 0 Å². The van der Waals surface area contributed by atoms with Crippen LogP contribution in [0.5, 0.6) is 0 Å². The average molecular weight is 327 g/mol. The largest absolute Gasteiger partial charge is 0.441 e. The molecule has 0 spiro atoms. The Morgan fingerprint density at radius 2 is 1.76 bits per heavy atom. The van der Waals surface area contributed by atoms with Gasteiger partial charge in [-0.2, -0.15) is 13.2 Å². The quantitative estimate of drug-likeness (QED) is 0.488. The van der Waals surface area contributed by atoms with Gasteiger partial charge < -0.3 is 0 Å². The molecule has 1 rings (SSSR count). The standard InChI is InChI=1S/C12H14BrF3S/c13-11(10-6-2-1-3-7-10)8-4-5-9-17-12(14,15)16/h1-3,6-7,11H,4-5,8-9H2. The first kappa shape index (κ1) is 14.9. The molecule has 5 heteroatoms. The molecular formula is C12H14BrF3S. The van der Waals surface area contributed by atoms with E-state index in [9.17, 15) is 13.2 Å². The van der Waals surface area contributed by atoms with E-state index in [2.05, 4.69) is 15.9 Å². The second-order valence-electron chi connectivity index (χ2n) is 3.67. The minimum atomic E-state index is -4.09. The first-order valence-electron chi connectivity index (χ1n) is 5.39. The van der Waals surface area contributed by atoms with E-state index >= 15 is 0 Å². The van der Waals surface area contributed by atoms with Crippen LogP contribution < -0.4 is 0 Å². The fourth-order valence-electron chi connectivity index (χ4n) is 1.44. The molecule has 0 heterocycles. The topological polar surface area (TPSA) is 0 Å². The molecule has 0 radical (unpaired) electrons. The second-order valence-corrected chi connectivity index (χ2v) is 5.93. The molecule has 1 aromatic rings. The molecule has 0 saturated heterocycles. The number of thioether (sulfide) groups is 1. The minimum Gasteiger partial charge on any atom is -0.160 e. The fraction of sp³-hybridized carbons (Fsp3) is 0.500. The molecule has 0 aliphatic rings. The monoisotopic (exact) mass is 326 g/mol. The summed E-state index contributed by atoms with van der Waals surface area (Å²) in [6, 6.07) is 9.91. The lowest BCUT2D eigenvalue weighted by atomic mass is 10.1. The van der Waals surface area contributed by atoms with Gasteiger partial charge >= 0.3 is 5.51 Å². The van der Waals surface area contributed by atoms with Crippen molar-refractivity contribution >= 4 is 27.7 Å². The number of benzene rings is 1. The Morgan fingerprint density at radius 1 is 1.12 bits per heavy atom. The average Bonchev–Trinajstić information content (AvgIpc) is 2.28. The third-order valence-electron chi connectivity index (χ3n) is 2.28. The van der Waals surface area contributed by atoms with Crippen LogP contribution in [0.25, 0.3) is 0 Å². The van der Waals surface area contributed by atoms with E-state index in [0.717, 1.165) is 12.8 Å². The van der Waals surface area contributed by atoms with Crippen molar-refractivity contribution in [2.45, 2.75) is 29.6 Å². The summed E-state index contributed by atoms with van der Waals surface area (Å²) >= 11 is 3.61. The van der Waals surface area contributed by atoms with Crippen molar-refractivity contribution < 1.29 is 13.2 Å². The van der Waals surface area contributed by atoms with Crippen molar-refractivity contribution in [3.05, 3.63) is 35.9 Å². The number of hydrogen-bond acceptors (Lipinski definition) is 1. The molecule has 0 nitrogen and oxygen atoms in total. The normalized spacial score (nSPS) is 13.6. The molecule has 1 atom stereocenters. The Hall–Kier alpha value is -0.160. The molecule has 0 fully saturated rings. The van der Waals surface area contributed by atoms with Crippen LogP contribution >= 0.6 is 27.7 Å². The minimum absolute atomic E-state index is 0.0657. The zero-order valence-corrected chi connectivity index (χ0v) is 11.6. The number of hydrogen-bond donors (Lipinski definition) is 0. The zero-order chi connectivity index (χ0) is 12.7. The Bertz CT molecular complexity index is 313. The van der Waals surface area contributed by atoms with Crippen molar-refractivity contribution in [3.63, 3.8) is 0 Å². The van der Waals surface area contributed by atoms with Gasteiger partial charge in [0.15, 0.2) is 0 Å². The molecular weight excluding hydrogens is 313 g/mol. The van der Waals surface area contributed by atoms with Crippen molar-refractivity contribution in [3.8, 4) is 0 Å². The second kappa shape index (κ2) is 7.31. The van der Waals surface area contributed by atoms with Crippen LogP contribution in [0.1, 0.15) is 29.7 Å². The third kappa shape index (κ3) is 6.99. The first-order chi connectivity index (χ1) is 7.99. The Kier molecular flexibility index (Phi) is 6.41. The number of rotatable bonds is 6. The Labute approximate surface area is 112 Å². The summed E-state index contributed by atoms with van der Waals surface area (Å²) in [6.45, 7) is 0. The zero-order valence-electron chi connectivity index (χ0n) is 9.21. The molecule has 1 aromatic carbocycles. The van der Waals surface area contributed by atoms with Crippen LogP contribution in [0.4, 0.5) is 13.2 Å². The first-order valence-corrected chi connectivity index (χ1v) is 7.29. The van der Waals surface area contributed by atoms with E-state index in [-0.39, 0.29) is 22.3 Å². The Balaban J connectivity index is 2.15. The maximum absolute atomic E-state index is 11.9. The lowest BCUT2D eigenvalue weighted by Gasteiger charge is -2.10. The molecule has 0 bridgehead atoms.